The summed E-state index contributed by atoms with van der Waals surface area (Å²) >= 11 is 0. The highest BCUT2D eigenvalue weighted by Gasteiger charge is 2.42. The summed E-state index contributed by atoms with van der Waals surface area (Å²) in [5.41, 5.74) is 4.54. The quantitative estimate of drug-likeness (QED) is 0.800. The fraction of sp³-hybridized carbons (Fsp3) is 0.375. The summed E-state index contributed by atoms with van der Waals surface area (Å²) < 4.78 is 22.3. The Morgan fingerprint density at radius 2 is 1.77 bits per heavy atom. The average Bonchev–Trinajstić information content (AvgIpc) is 3.16. The molecule has 5 rings (SSSR count). The van der Waals surface area contributed by atoms with Crippen molar-refractivity contribution in [3.8, 4) is 23.0 Å². The second kappa shape index (κ2) is 6.69. The molecule has 0 aromatic heterocycles. The van der Waals surface area contributed by atoms with E-state index in [1.54, 1.807) is 14.2 Å². The van der Waals surface area contributed by atoms with Gasteiger partial charge in [0, 0.05) is 47.0 Å². The van der Waals surface area contributed by atoms with Crippen molar-refractivity contribution in [3.05, 3.63) is 52.7 Å². The molecule has 2 heterocycles. The van der Waals surface area contributed by atoms with Crippen LogP contribution >= 0.6 is 0 Å². The number of ketones is 1. The zero-order valence-corrected chi connectivity index (χ0v) is 17.6. The van der Waals surface area contributed by atoms with Crippen molar-refractivity contribution >= 4 is 11.5 Å². The van der Waals surface area contributed by atoms with Gasteiger partial charge in [0.1, 0.15) is 11.5 Å². The summed E-state index contributed by atoms with van der Waals surface area (Å²) in [5, 5.41) is 3.53. The largest absolute Gasteiger partial charge is 0.497 e. The van der Waals surface area contributed by atoms with Crippen molar-refractivity contribution in [1.82, 2.24) is 0 Å². The number of carbonyl (C=O) groups excluding carboxylic acids is 1. The maximum Gasteiger partial charge on any atom is 0.231 e. The molecule has 6 nitrogen and oxygen atoms in total. The van der Waals surface area contributed by atoms with Gasteiger partial charge in [-0.25, -0.2) is 0 Å². The van der Waals surface area contributed by atoms with Gasteiger partial charge in [0.25, 0.3) is 0 Å². The highest BCUT2D eigenvalue weighted by molar-refractivity contribution is 6.02. The molecule has 0 spiro atoms. The molecule has 0 bridgehead atoms. The van der Waals surface area contributed by atoms with Crippen LogP contribution in [0.3, 0.4) is 0 Å². The highest BCUT2D eigenvalue weighted by Crippen LogP contribution is 2.53. The van der Waals surface area contributed by atoms with E-state index in [1.807, 2.05) is 30.3 Å². The van der Waals surface area contributed by atoms with E-state index in [1.165, 1.54) is 0 Å². The fourth-order valence-corrected chi connectivity index (χ4v) is 4.78. The number of benzene rings is 2. The molecule has 156 valence electrons. The predicted molar refractivity (Wildman–Crippen MR) is 113 cm³/mol. The van der Waals surface area contributed by atoms with Crippen molar-refractivity contribution < 1.29 is 23.7 Å². The Balaban J connectivity index is 1.75. The van der Waals surface area contributed by atoms with Gasteiger partial charge in [0.15, 0.2) is 17.3 Å². The van der Waals surface area contributed by atoms with Crippen LogP contribution in [0.1, 0.15) is 43.7 Å². The molecule has 2 aromatic rings. The van der Waals surface area contributed by atoms with Crippen LogP contribution in [-0.2, 0) is 4.79 Å². The number of nitrogens with one attached hydrogen (secondary N) is 1. The number of carbonyl (C=O) groups is 1. The predicted octanol–water partition coefficient (Wildman–Crippen LogP) is 4.63. The molecule has 0 radical (unpaired) electrons. The fourth-order valence-electron chi connectivity index (χ4n) is 4.78. The number of Topliss-reactive ketones (excluding diaryl/α,β-unsaturated/α-hetero) is 1. The number of hydrogen-bond donors (Lipinski definition) is 1. The molecule has 30 heavy (non-hydrogen) atoms. The van der Waals surface area contributed by atoms with Crippen LogP contribution in [0.5, 0.6) is 23.0 Å². The van der Waals surface area contributed by atoms with Gasteiger partial charge in [-0.1, -0.05) is 19.9 Å². The first-order chi connectivity index (χ1) is 14.4. The van der Waals surface area contributed by atoms with Gasteiger partial charge in [-0.15, -0.1) is 0 Å². The first kappa shape index (κ1) is 18.9. The van der Waals surface area contributed by atoms with Crippen molar-refractivity contribution in [1.29, 1.82) is 0 Å². The molecule has 0 fully saturated rings. The summed E-state index contributed by atoms with van der Waals surface area (Å²) in [6.45, 7) is 4.47. The molecule has 0 saturated carbocycles. The van der Waals surface area contributed by atoms with Gasteiger partial charge in [-0.3, -0.25) is 4.79 Å². The van der Waals surface area contributed by atoms with E-state index in [0.717, 1.165) is 34.5 Å². The van der Waals surface area contributed by atoms with Crippen molar-refractivity contribution in [3.63, 3.8) is 0 Å². The van der Waals surface area contributed by atoms with E-state index in [4.69, 9.17) is 18.9 Å². The number of fused-ring (bicyclic) bond motifs is 2. The lowest BCUT2D eigenvalue weighted by Gasteiger charge is -2.39. The van der Waals surface area contributed by atoms with Gasteiger partial charge >= 0.3 is 0 Å². The number of rotatable bonds is 3. The van der Waals surface area contributed by atoms with Gasteiger partial charge in [0.05, 0.1) is 14.2 Å². The second-order valence-electron chi connectivity index (χ2n) is 8.79. The lowest BCUT2D eigenvalue weighted by molar-refractivity contribution is -0.118. The zero-order chi connectivity index (χ0) is 21.0. The second-order valence-corrected chi connectivity index (χ2v) is 8.79. The molecule has 2 aromatic carbocycles. The molecule has 0 amide bonds. The van der Waals surface area contributed by atoms with E-state index in [2.05, 4.69) is 19.2 Å². The third-order valence-electron chi connectivity index (χ3n) is 6.10. The molecular weight excluding hydrogens is 382 g/mol. The minimum Gasteiger partial charge on any atom is -0.497 e. The van der Waals surface area contributed by atoms with Crippen LogP contribution in [0.25, 0.3) is 0 Å². The Bertz CT molecular complexity index is 1090. The Morgan fingerprint density at radius 3 is 2.50 bits per heavy atom. The molecule has 6 heteroatoms. The van der Waals surface area contributed by atoms with E-state index in [-0.39, 0.29) is 23.9 Å². The first-order valence-electron chi connectivity index (χ1n) is 10.1. The summed E-state index contributed by atoms with van der Waals surface area (Å²) in [6.07, 6.45) is 1.32. The number of ether oxygens (including phenoxy) is 4. The van der Waals surface area contributed by atoms with Gasteiger partial charge in [0.2, 0.25) is 6.79 Å². The van der Waals surface area contributed by atoms with Crippen LogP contribution < -0.4 is 24.3 Å². The molecule has 1 atom stereocenters. The first-order valence-corrected chi connectivity index (χ1v) is 10.1. The van der Waals surface area contributed by atoms with Gasteiger partial charge in [-0.05, 0) is 29.5 Å². The maximum atomic E-state index is 13.4. The summed E-state index contributed by atoms with van der Waals surface area (Å²) in [6, 6.07) is 9.71. The molecule has 3 aliphatic rings. The van der Waals surface area contributed by atoms with Crippen LogP contribution in [0.2, 0.25) is 0 Å². The van der Waals surface area contributed by atoms with Crippen molar-refractivity contribution in [2.24, 2.45) is 5.41 Å². The topological polar surface area (TPSA) is 66.0 Å². The smallest absolute Gasteiger partial charge is 0.231 e. The van der Waals surface area contributed by atoms with Crippen LogP contribution in [0, 0.1) is 5.41 Å². The van der Waals surface area contributed by atoms with Crippen LogP contribution in [0.4, 0.5) is 5.69 Å². The Kier molecular flexibility index (Phi) is 4.20. The number of hydrogen-bond acceptors (Lipinski definition) is 6. The average molecular weight is 407 g/mol. The number of allylic oxidation sites excluding steroid dienone is 2. The third kappa shape index (κ3) is 2.90. The Hall–Kier alpha value is -3.15. The van der Waals surface area contributed by atoms with Crippen molar-refractivity contribution in [2.75, 3.05) is 26.3 Å². The number of methoxy groups -OCH3 is 2. The number of anilines is 1. The van der Waals surface area contributed by atoms with Gasteiger partial charge < -0.3 is 24.3 Å². The van der Waals surface area contributed by atoms with Crippen LogP contribution in [-0.4, -0.2) is 26.8 Å². The third-order valence-corrected chi connectivity index (χ3v) is 6.10. The lowest BCUT2D eigenvalue weighted by Crippen LogP contribution is -2.33. The maximum absolute atomic E-state index is 13.4. The minimum absolute atomic E-state index is 0.0920. The van der Waals surface area contributed by atoms with Gasteiger partial charge in [-0.2, -0.15) is 0 Å². The van der Waals surface area contributed by atoms with E-state index < -0.39 is 0 Å². The van der Waals surface area contributed by atoms with E-state index in [0.29, 0.717) is 29.4 Å². The van der Waals surface area contributed by atoms with E-state index in [9.17, 15) is 4.79 Å². The van der Waals surface area contributed by atoms with Crippen LogP contribution in [0.15, 0.2) is 41.6 Å². The minimum atomic E-state index is -0.254. The monoisotopic (exact) mass is 407 g/mol. The molecular formula is C24H25NO5. The Labute approximate surface area is 175 Å². The standard InChI is InChI=1S/C24H25NO5/c1-24(2)10-17-23(18(26)11-24)22(14-6-5-13(27-3)7-19(14)28-4)15-8-20-21(30-12-29-20)9-16(15)25-17/h5-9,22,25H,10-12H2,1-4H3/t22-/m1/s1. The molecule has 0 saturated heterocycles. The molecule has 1 N–H and O–H groups in total. The normalized spacial score (nSPS) is 20.9. The molecule has 2 aliphatic heterocycles. The molecule has 1 aliphatic carbocycles. The molecule has 0 unspecified atom stereocenters. The van der Waals surface area contributed by atoms with E-state index >= 15 is 0 Å². The summed E-state index contributed by atoms with van der Waals surface area (Å²) in [4.78, 5) is 13.4. The Morgan fingerprint density at radius 1 is 1.00 bits per heavy atom. The summed E-state index contributed by atoms with van der Waals surface area (Å²) in [7, 11) is 3.27. The zero-order valence-electron chi connectivity index (χ0n) is 17.6. The lowest BCUT2D eigenvalue weighted by atomic mass is 9.68. The SMILES string of the molecule is COc1ccc([C@H]2C3=C(CC(C)(C)CC3=O)Nc3cc4c(cc32)OCO4)c(OC)c1. The summed E-state index contributed by atoms with van der Waals surface area (Å²) in [5.74, 6) is 2.72. The highest BCUT2D eigenvalue weighted by atomic mass is 16.7. The van der Waals surface area contributed by atoms with Crippen molar-refractivity contribution in [2.45, 2.75) is 32.6 Å².